The van der Waals surface area contributed by atoms with Gasteiger partial charge in [0.15, 0.2) is 0 Å². The van der Waals surface area contributed by atoms with Crippen molar-refractivity contribution in [2.24, 2.45) is 0 Å². The van der Waals surface area contributed by atoms with Gasteiger partial charge in [0.25, 0.3) is 8.32 Å². The molecular formula is C35H43BO4Si. The zero-order valence-electron chi connectivity index (χ0n) is 24.8. The first-order chi connectivity index (χ1) is 19.6. The average molecular weight is 567 g/mol. The van der Waals surface area contributed by atoms with E-state index in [9.17, 15) is 10.1 Å². The molecule has 1 atom stereocenters. The van der Waals surface area contributed by atoms with Gasteiger partial charge in [0, 0.05) is 6.32 Å². The quantitative estimate of drug-likeness (QED) is 0.248. The fraction of sp³-hybridized carbons (Fsp3) is 0.314. The van der Waals surface area contributed by atoms with Crippen LogP contribution < -0.4 is 10.4 Å². The van der Waals surface area contributed by atoms with Crippen LogP contribution in [0.5, 0.6) is 5.75 Å². The lowest BCUT2D eigenvalue weighted by molar-refractivity contribution is 0.181. The first kappa shape index (κ1) is 30.8. The summed E-state index contributed by atoms with van der Waals surface area (Å²) in [5, 5.41) is 22.3. The van der Waals surface area contributed by atoms with Gasteiger partial charge in [0.2, 0.25) is 0 Å². The molecule has 3 aromatic carbocycles. The highest BCUT2D eigenvalue weighted by Crippen LogP contribution is 2.38. The van der Waals surface area contributed by atoms with Crippen molar-refractivity contribution in [1.82, 2.24) is 0 Å². The van der Waals surface area contributed by atoms with Gasteiger partial charge < -0.3 is 19.2 Å². The van der Waals surface area contributed by atoms with Crippen LogP contribution in [-0.4, -0.2) is 38.3 Å². The Labute approximate surface area is 247 Å². The van der Waals surface area contributed by atoms with E-state index in [0.717, 1.165) is 36.0 Å². The van der Waals surface area contributed by atoms with Crippen LogP contribution >= 0.6 is 0 Å². The SMILES string of the molecule is C=C(CO[Si](c1ccccc1)(c1ccccc1)C(C)(C)C)C1=CCB(O)OC1CC/C(=C/c1ccc(O)cc1)CC. The maximum atomic E-state index is 10.4. The van der Waals surface area contributed by atoms with Gasteiger partial charge >= 0.3 is 7.12 Å². The molecule has 0 spiro atoms. The molecule has 4 nitrogen and oxygen atoms in total. The Kier molecular flexibility index (Phi) is 10.3. The third kappa shape index (κ3) is 7.38. The van der Waals surface area contributed by atoms with Gasteiger partial charge in [0.05, 0.1) is 12.7 Å². The third-order valence-corrected chi connectivity index (χ3v) is 12.9. The van der Waals surface area contributed by atoms with E-state index in [1.54, 1.807) is 12.1 Å². The molecule has 4 rings (SSSR count). The van der Waals surface area contributed by atoms with Gasteiger partial charge in [-0.05, 0) is 63.5 Å². The monoisotopic (exact) mass is 566 g/mol. The molecule has 0 fully saturated rings. The number of allylic oxidation sites excluding steroid dienone is 2. The summed E-state index contributed by atoms with van der Waals surface area (Å²) in [6, 6.07) is 28.5. The first-order valence-corrected chi connectivity index (χ1v) is 16.5. The summed E-state index contributed by atoms with van der Waals surface area (Å²) in [6.07, 6.45) is 6.90. The number of phenols is 1. The van der Waals surface area contributed by atoms with E-state index >= 15 is 0 Å². The molecule has 1 unspecified atom stereocenters. The van der Waals surface area contributed by atoms with Crippen molar-refractivity contribution >= 4 is 31.9 Å². The van der Waals surface area contributed by atoms with E-state index in [4.69, 9.17) is 9.08 Å². The summed E-state index contributed by atoms with van der Waals surface area (Å²) < 4.78 is 13.2. The van der Waals surface area contributed by atoms with Crippen molar-refractivity contribution in [2.75, 3.05) is 6.61 Å². The van der Waals surface area contributed by atoms with Gasteiger partial charge in [-0.1, -0.05) is 125 Å². The van der Waals surface area contributed by atoms with Crippen LogP contribution in [0.25, 0.3) is 6.08 Å². The zero-order valence-corrected chi connectivity index (χ0v) is 25.8. The minimum atomic E-state index is -2.71. The van der Waals surface area contributed by atoms with E-state index in [-0.39, 0.29) is 16.9 Å². The van der Waals surface area contributed by atoms with Crippen molar-refractivity contribution in [3.8, 4) is 5.75 Å². The molecule has 0 aliphatic carbocycles. The second-order valence-corrected chi connectivity index (χ2v) is 16.1. The first-order valence-electron chi connectivity index (χ1n) is 14.6. The van der Waals surface area contributed by atoms with E-state index in [1.165, 1.54) is 15.9 Å². The van der Waals surface area contributed by atoms with Gasteiger partial charge in [-0.2, -0.15) is 0 Å². The fourth-order valence-electron chi connectivity index (χ4n) is 5.79. The van der Waals surface area contributed by atoms with Crippen molar-refractivity contribution in [3.05, 3.63) is 120 Å². The molecule has 2 N–H and O–H groups in total. The number of aromatic hydroxyl groups is 1. The van der Waals surface area contributed by atoms with E-state index in [1.807, 2.05) is 12.1 Å². The summed E-state index contributed by atoms with van der Waals surface area (Å²) in [6.45, 7) is 13.8. The second-order valence-electron chi connectivity index (χ2n) is 11.8. The average Bonchev–Trinajstić information content (AvgIpc) is 2.97. The fourth-order valence-corrected chi connectivity index (χ4v) is 10.3. The predicted octanol–water partition coefficient (Wildman–Crippen LogP) is 6.90. The highest BCUT2D eigenvalue weighted by atomic mass is 28.4. The van der Waals surface area contributed by atoms with Crippen LogP contribution in [0, 0.1) is 0 Å². The minimum absolute atomic E-state index is 0.127. The van der Waals surface area contributed by atoms with E-state index in [0.29, 0.717) is 12.9 Å². The second kappa shape index (κ2) is 13.7. The number of hydrogen-bond acceptors (Lipinski definition) is 4. The number of phenolic OH excluding ortho intramolecular Hbond substituents is 1. The molecule has 3 aromatic rings. The Morgan fingerprint density at radius 3 is 2.12 bits per heavy atom. The number of benzene rings is 3. The van der Waals surface area contributed by atoms with Crippen molar-refractivity contribution in [1.29, 1.82) is 0 Å². The highest BCUT2D eigenvalue weighted by Gasteiger charge is 2.50. The molecule has 0 radical (unpaired) electrons. The molecule has 1 heterocycles. The lowest BCUT2D eigenvalue weighted by Crippen LogP contribution is -2.66. The molecule has 41 heavy (non-hydrogen) atoms. The molecular weight excluding hydrogens is 523 g/mol. The van der Waals surface area contributed by atoms with Gasteiger partial charge in [-0.3, -0.25) is 0 Å². The summed E-state index contributed by atoms with van der Waals surface area (Å²) in [5.74, 6) is 0.262. The van der Waals surface area contributed by atoms with E-state index in [2.05, 4.69) is 107 Å². The summed E-state index contributed by atoms with van der Waals surface area (Å²) in [7, 11) is -3.53. The maximum absolute atomic E-state index is 10.4. The largest absolute Gasteiger partial charge is 0.508 e. The Balaban J connectivity index is 1.56. The van der Waals surface area contributed by atoms with Gasteiger partial charge in [-0.25, -0.2) is 0 Å². The lowest BCUT2D eigenvalue weighted by atomic mass is 9.78. The molecule has 214 valence electrons. The number of rotatable bonds is 11. The molecule has 1 aliphatic heterocycles. The lowest BCUT2D eigenvalue weighted by Gasteiger charge is -2.43. The molecule has 0 bridgehead atoms. The van der Waals surface area contributed by atoms with Crippen LogP contribution in [0.3, 0.4) is 0 Å². The molecule has 0 saturated carbocycles. The van der Waals surface area contributed by atoms with Crippen LogP contribution in [0.1, 0.15) is 52.5 Å². The van der Waals surface area contributed by atoms with Crippen LogP contribution in [-0.2, 0) is 9.08 Å². The minimum Gasteiger partial charge on any atom is -0.508 e. The zero-order chi connectivity index (χ0) is 29.5. The summed E-state index contributed by atoms with van der Waals surface area (Å²) in [5.41, 5.74) is 4.26. The molecule has 1 aliphatic rings. The standard InChI is InChI=1S/C35H43BO4Si/c1-6-28(25-29-17-20-30(37)21-18-29)19-22-34-33(23-24-36(38)40-34)27(2)26-39-41(35(3,4)5,31-13-9-7-10-14-31)32-15-11-8-12-16-32/h7-18,20-21,23,25,34,37-38H,2,6,19,22,24,26H2,1,3-5H3/b28-25+. The van der Waals surface area contributed by atoms with E-state index < -0.39 is 15.4 Å². The van der Waals surface area contributed by atoms with Crippen molar-refractivity contribution < 1.29 is 19.2 Å². The van der Waals surface area contributed by atoms with Crippen LogP contribution in [0.2, 0.25) is 11.4 Å². The molecule has 0 saturated heterocycles. The topological polar surface area (TPSA) is 58.9 Å². The molecule has 0 aromatic heterocycles. The van der Waals surface area contributed by atoms with Gasteiger partial charge in [0.1, 0.15) is 5.75 Å². The molecule has 0 amide bonds. The highest BCUT2D eigenvalue weighted by molar-refractivity contribution is 6.99. The predicted molar refractivity (Wildman–Crippen MR) is 174 cm³/mol. The molecule has 6 heteroatoms. The van der Waals surface area contributed by atoms with Gasteiger partial charge in [-0.15, -0.1) is 0 Å². The van der Waals surface area contributed by atoms with Crippen molar-refractivity contribution in [3.63, 3.8) is 0 Å². The maximum Gasteiger partial charge on any atom is 0.458 e. The van der Waals surface area contributed by atoms with Crippen LogP contribution in [0.15, 0.2) is 114 Å². The number of hydrogen-bond donors (Lipinski definition) is 2. The Bertz CT molecular complexity index is 1300. The Morgan fingerprint density at radius 1 is 1.00 bits per heavy atom. The Hall–Kier alpha value is -3.16. The Morgan fingerprint density at radius 2 is 1.59 bits per heavy atom. The third-order valence-electron chi connectivity index (χ3n) is 7.94. The summed E-state index contributed by atoms with van der Waals surface area (Å²) >= 11 is 0. The normalized spacial score (nSPS) is 16.4. The summed E-state index contributed by atoms with van der Waals surface area (Å²) in [4.78, 5) is 0. The smallest absolute Gasteiger partial charge is 0.458 e. The van der Waals surface area contributed by atoms with Crippen molar-refractivity contribution in [2.45, 2.75) is 64.4 Å². The van der Waals surface area contributed by atoms with Crippen LogP contribution in [0.4, 0.5) is 0 Å².